The normalized spacial score (nSPS) is 15.4. The standard InChI is InChI=1S/C22H23FN2O3/c1-14(2)13-28-20-10-5-16(12-21(20)27-4)11-19-15(3)24-25(22(19)26)18-8-6-17(23)7-9-18/h5-12,14H,13H2,1-4H3/b19-11-. The molecule has 0 spiro atoms. The average molecular weight is 382 g/mol. The average Bonchev–Trinajstić information content (AvgIpc) is 2.95. The van der Waals surface area contributed by atoms with Crippen molar-refractivity contribution in [3.63, 3.8) is 0 Å². The van der Waals surface area contributed by atoms with E-state index < -0.39 is 0 Å². The van der Waals surface area contributed by atoms with Gasteiger partial charge in [-0.1, -0.05) is 19.9 Å². The summed E-state index contributed by atoms with van der Waals surface area (Å²) in [6.45, 7) is 6.51. The minimum absolute atomic E-state index is 0.261. The van der Waals surface area contributed by atoms with Gasteiger partial charge in [0.25, 0.3) is 5.91 Å². The molecule has 0 atom stereocenters. The number of amides is 1. The van der Waals surface area contributed by atoms with E-state index in [0.29, 0.717) is 41.0 Å². The molecular formula is C22H23FN2O3. The Morgan fingerprint density at radius 3 is 2.50 bits per heavy atom. The van der Waals surface area contributed by atoms with Crippen molar-refractivity contribution in [3.8, 4) is 11.5 Å². The Balaban J connectivity index is 1.86. The minimum atomic E-state index is -0.362. The fourth-order valence-electron chi connectivity index (χ4n) is 2.76. The number of hydrazone groups is 1. The molecule has 0 N–H and O–H groups in total. The molecule has 6 heteroatoms. The van der Waals surface area contributed by atoms with Gasteiger partial charge in [-0.25, -0.2) is 4.39 Å². The van der Waals surface area contributed by atoms with Crippen molar-refractivity contribution in [1.82, 2.24) is 0 Å². The van der Waals surface area contributed by atoms with Gasteiger partial charge in [-0.05, 0) is 60.9 Å². The van der Waals surface area contributed by atoms with E-state index in [4.69, 9.17) is 9.47 Å². The van der Waals surface area contributed by atoms with Crippen LogP contribution < -0.4 is 14.5 Å². The molecule has 28 heavy (non-hydrogen) atoms. The van der Waals surface area contributed by atoms with Gasteiger partial charge < -0.3 is 9.47 Å². The number of nitrogens with zero attached hydrogens (tertiary/aromatic N) is 2. The molecule has 1 aliphatic rings. The Bertz CT molecular complexity index is 933. The number of carbonyl (C=O) groups is 1. The molecule has 2 aromatic rings. The molecule has 1 heterocycles. The second-order valence-electron chi connectivity index (χ2n) is 6.95. The first kappa shape index (κ1) is 19.6. The van der Waals surface area contributed by atoms with Crippen molar-refractivity contribution in [2.24, 2.45) is 11.0 Å². The second-order valence-corrected chi connectivity index (χ2v) is 6.95. The Morgan fingerprint density at radius 2 is 1.86 bits per heavy atom. The fourth-order valence-corrected chi connectivity index (χ4v) is 2.76. The first-order chi connectivity index (χ1) is 13.4. The van der Waals surface area contributed by atoms with E-state index in [1.54, 1.807) is 20.1 Å². The molecule has 0 aliphatic carbocycles. The van der Waals surface area contributed by atoms with Gasteiger partial charge in [-0.15, -0.1) is 0 Å². The van der Waals surface area contributed by atoms with Crippen LogP contribution in [0.25, 0.3) is 6.08 Å². The van der Waals surface area contributed by atoms with Crippen molar-refractivity contribution in [2.75, 3.05) is 18.7 Å². The van der Waals surface area contributed by atoms with Crippen LogP contribution in [0, 0.1) is 11.7 Å². The highest BCUT2D eigenvalue weighted by molar-refractivity contribution is 6.32. The lowest BCUT2D eigenvalue weighted by Gasteiger charge is -2.13. The maximum atomic E-state index is 13.1. The van der Waals surface area contributed by atoms with Gasteiger partial charge in [0, 0.05) is 0 Å². The van der Waals surface area contributed by atoms with Crippen LogP contribution in [0.3, 0.4) is 0 Å². The Hall–Kier alpha value is -3.15. The molecule has 0 saturated heterocycles. The molecular weight excluding hydrogens is 359 g/mol. The second kappa shape index (κ2) is 8.25. The summed E-state index contributed by atoms with van der Waals surface area (Å²) in [7, 11) is 1.58. The highest BCUT2D eigenvalue weighted by Crippen LogP contribution is 2.31. The topological polar surface area (TPSA) is 51.1 Å². The van der Waals surface area contributed by atoms with E-state index in [-0.39, 0.29) is 11.7 Å². The molecule has 2 aromatic carbocycles. The van der Waals surface area contributed by atoms with Crippen LogP contribution in [0.5, 0.6) is 11.5 Å². The predicted octanol–water partition coefficient (Wildman–Crippen LogP) is 4.68. The van der Waals surface area contributed by atoms with Crippen molar-refractivity contribution >= 4 is 23.4 Å². The zero-order valence-electron chi connectivity index (χ0n) is 16.4. The van der Waals surface area contributed by atoms with E-state index in [1.165, 1.54) is 29.3 Å². The summed E-state index contributed by atoms with van der Waals surface area (Å²) in [5.74, 6) is 1.04. The van der Waals surface area contributed by atoms with Gasteiger partial charge in [-0.2, -0.15) is 10.1 Å². The summed E-state index contributed by atoms with van der Waals surface area (Å²) < 4.78 is 24.3. The number of ether oxygens (including phenoxy) is 2. The highest BCUT2D eigenvalue weighted by Gasteiger charge is 2.28. The molecule has 3 rings (SSSR count). The quantitative estimate of drug-likeness (QED) is 0.682. The van der Waals surface area contributed by atoms with Crippen LogP contribution in [0.1, 0.15) is 26.3 Å². The third kappa shape index (κ3) is 4.22. The maximum Gasteiger partial charge on any atom is 0.280 e. The molecule has 0 saturated carbocycles. The summed E-state index contributed by atoms with van der Waals surface area (Å²) in [6, 6.07) is 11.2. The Labute approximate surface area is 164 Å². The summed E-state index contributed by atoms with van der Waals surface area (Å²) >= 11 is 0. The Morgan fingerprint density at radius 1 is 1.14 bits per heavy atom. The van der Waals surface area contributed by atoms with E-state index in [9.17, 15) is 9.18 Å². The lowest BCUT2D eigenvalue weighted by atomic mass is 10.1. The summed E-state index contributed by atoms with van der Waals surface area (Å²) in [4.78, 5) is 12.8. The summed E-state index contributed by atoms with van der Waals surface area (Å²) in [6.07, 6.45) is 1.76. The number of anilines is 1. The molecule has 0 bridgehead atoms. The summed E-state index contributed by atoms with van der Waals surface area (Å²) in [5, 5.41) is 5.59. The molecule has 0 fully saturated rings. The minimum Gasteiger partial charge on any atom is -0.493 e. The number of hydrogen-bond donors (Lipinski definition) is 0. The van der Waals surface area contributed by atoms with Crippen molar-refractivity contribution in [2.45, 2.75) is 20.8 Å². The van der Waals surface area contributed by atoms with Gasteiger partial charge >= 0.3 is 0 Å². The fraction of sp³-hybridized carbons (Fsp3) is 0.273. The number of benzene rings is 2. The van der Waals surface area contributed by atoms with Crippen LogP contribution >= 0.6 is 0 Å². The number of carbonyl (C=O) groups excluding carboxylic acids is 1. The van der Waals surface area contributed by atoms with Crippen LogP contribution in [0.15, 0.2) is 53.1 Å². The largest absolute Gasteiger partial charge is 0.493 e. The molecule has 0 radical (unpaired) electrons. The van der Waals surface area contributed by atoms with E-state index in [0.717, 1.165) is 5.56 Å². The predicted molar refractivity (Wildman–Crippen MR) is 108 cm³/mol. The maximum absolute atomic E-state index is 13.1. The molecule has 1 amide bonds. The SMILES string of the molecule is COc1cc(/C=C2\C(=O)N(c3ccc(F)cc3)N=C2C)ccc1OCC(C)C. The van der Waals surface area contributed by atoms with Gasteiger partial charge in [0.1, 0.15) is 5.82 Å². The van der Waals surface area contributed by atoms with Crippen molar-refractivity contribution < 1.29 is 18.7 Å². The number of halogens is 1. The van der Waals surface area contributed by atoms with Gasteiger partial charge in [0.05, 0.1) is 30.7 Å². The Kier molecular flexibility index (Phi) is 5.78. The first-order valence-corrected chi connectivity index (χ1v) is 9.07. The highest BCUT2D eigenvalue weighted by atomic mass is 19.1. The van der Waals surface area contributed by atoms with E-state index in [2.05, 4.69) is 18.9 Å². The zero-order chi connectivity index (χ0) is 20.3. The molecule has 0 aromatic heterocycles. The van der Waals surface area contributed by atoms with Crippen LogP contribution in [0.2, 0.25) is 0 Å². The third-order valence-electron chi connectivity index (χ3n) is 4.20. The lowest BCUT2D eigenvalue weighted by Crippen LogP contribution is -2.21. The molecule has 0 unspecified atom stereocenters. The number of rotatable bonds is 6. The van der Waals surface area contributed by atoms with Crippen LogP contribution in [-0.2, 0) is 4.79 Å². The molecule has 5 nitrogen and oxygen atoms in total. The van der Waals surface area contributed by atoms with Gasteiger partial charge in [-0.3, -0.25) is 4.79 Å². The van der Waals surface area contributed by atoms with Crippen LogP contribution in [-0.4, -0.2) is 25.3 Å². The van der Waals surface area contributed by atoms with Crippen molar-refractivity contribution in [1.29, 1.82) is 0 Å². The molecule has 146 valence electrons. The van der Waals surface area contributed by atoms with Gasteiger partial charge in [0.15, 0.2) is 11.5 Å². The lowest BCUT2D eigenvalue weighted by molar-refractivity contribution is -0.114. The van der Waals surface area contributed by atoms with E-state index >= 15 is 0 Å². The monoisotopic (exact) mass is 382 g/mol. The number of methoxy groups -OCH3 is 1. The van der Waals surface area contributed by atoms with Crippen LogP contribution in [0.4, 0.5) is 10.1 Å². The molecule has 1 aliphatic heterocycles. The zero-order valence-corrected chi connectivity index (χ0v) is 16.4. The third-order valence-corrected chi connectivity index (χ3v) is 4.20. The van der Waals surface area contributed by atoms with Crippen molar-refractivity contribution in [3.05, 3.63) is 59.4 Å². The van der Waals surface area contributed by atoms with E-state index in [1.807, 2.05) is 18.2 Å². The summed E-state index contributed by atoms with van der Waals surface area (Å²) in [5.41, 5.74) is 2.38. The number of hydrogen-bond acceptors (Lipinski definition) is 4. The first-order valence-electron chi connectivity index (χ1n) is 9.07. The smallest absolute Gasteiger partial charge is 0.280 e. The van der Waals surface area contributed by atoms with Gasteiger partial charge in [0.2, 0.25) is 0 Å².